The second kappa shape index (κ2) is 17.5. The summed E-state index contributed by atoms with van der Waals surface area (Å²) >= 11 is 1.76. The van der Waals surface area contributed by atoms with Crippen molar-refractivity contribution in [3.63, 3.8) is 0 Å². The first-order chi connectivity index (χ1) is 15.5. The van der Waals surface area contributed by atoms with Crippen molar-refractivity contribution >= 4 is 11.8 Å². The van der Waals surface area contributed by atoms with Crippen LogP contribution in [0.5, 0.6) is 0 Å². The molecule has 2 atom stereocenters. The van der Waals surface area contributed by atoms with Gasteiger partial charge in [-0.3, -0.25) is 0 Å². The van der Waals surface area contributed by atoms with E-state index in [9.17, 15) is 4.91 Å². The third-order valence-electron chi connectivity index (χ3n) is 5.28. The van der Waals surface area contributed by atoms with Gasteiger partial charge in [0.15, 0.2) is 0 Å². The van der Waals surface area contributed by atoms with Crippen LogP contribution in [0.3, 0.4) is 0 Å². The predicted octanol–water partition coefficient (Wildman–Crippen LogP) is 8.04. The summed E-state index contributed by atoms with van der Waals surface area (Å²) in [7, 11) is 0. The van der Waals surface area contributed by atoms with Gasteiger partial charge in [0, 0.05) is 22.9 Å². The summed E-state index contributed by atoms with van der Waals surface area (Å²) in [6, 6.07) is -0.219. The fraction of sp³-hybridized carbons (Fsp3) is 0.571. The Morgan fingerprint density at radius 2 is 1.48 bits per heavy atom. The van der Waals surface area contributed by atoms with Crippen molar-refractivity contribution in [1.82, 2.24) is 10.6 Å². The molecule has 0 aromatic heterocycles. The predicted molar refractivity (Wildman–Crippen MR) is 150 cm³/mol. The fourth-order valence-corrected chi connectivity index (χ4v) is 4.30. The van der Waals surface area contributed by atoms with E-state index in [0.717, 1.165) is 42.8 Å². The van der Waals surface area contributed by atoms with Crippen molar-refractivity contribution in [2.45, 2.75) is 86.2 Å². The molecule has 0 heterocycles. The fourth-order valence-electron chi connectivity index (χ4n) is 3.25. The van der Waals surface area contributed by atoms with Gasteiger partial charge < -0.3 is 10.6 Å². The molecule has 0 aromatic carbocycles. The summed E-state index contributed by atoms with van der Waals surface area (Å²) in [5.41, 5.74) is 6.25. The molecule has 0 bridgehead atoms. The molecule has 5 heteroatoms. The van der Waals surface area contributed by atoms with E-state index in [0.29, 0.717) is 17.4 Å². The Morgan fingerprint density at radius 1 is 0.909 bits per heavy atom. The summed E-state index contributed by atoms with van der Waals surface area (Å²) < 4.78 is 0. The molecule has 0 radical (unpaired) electrons. The molecule has 33 heavy (non-hydrogen) atoms. The molecule has 0 aliphatic heterocycles. The Hall–Kier alpha value is -2.01. The van der Waals surface area contributed by atoms with Gasteiger partial charge >= 0.3 is 0 Å². The van der Waals surface area contributed by atoms with E-state index in [1.54, 1.807) is 11.8 Å². The highest BCUT2D eigenvalue weighted by Crippen LogP contribution is 2.17. The molecule has 0 saturated heterocycles. The number of hydrogen-bond acceptors (Lipinski definition) is 5. The zero-order chi connectivity index (χ0) is 25.4. The van der Waals surface area contributed by atoms with E-state index < -0.39 is 0 Å². The molecule has 4 nitrogen and oxygen atoms in total. The summed E-state index contributed by atoms with van der Waals surface area (Å²) in [6.07, 6.45) is 11.3. The molecule has 0 rings (SSSR count). The van der Waals surface area contributed by atoms with Crippen LogP contribution in [0.1, 0.15) is 74.1 Å². The number of nitrogens with one attached hydrogen (secondary N) is 2. The van der Waals surface area contributed by atoms with Crippen molar-refractivity contribution < 1.29 is 0 Å². The lowest BCUT2D eigenvalue weighted by Gasteiger charge is -2.29. The van der Waals surface area contributed by atoms with Crippen LogP contribution >= 0.6 is 11.8 Å². The molecule has 186 valence electrons. The molecule has 0 aliphatic rings. The van der Waals surface area contributed by atoms with Crippen molar-refractivity contribution in [2.24, 2.45) is 11.1 Å². The van der Waals surface area contributed by atoms with Gasteiger partial charge in [-0.2, -0.15) is 11.8 Å². The first-order valence-corrected chi connectivity index (χ1v) is 13.0. The Bertz CT molecular complexity index is 742. The lowest BCUT2D eigenvalue weighted by atomic mass is 10.0. The summed E-state index contributed by atoms with van der Waals surface area (Å²) in [5.74, 6) is 1.92. The van der Waals surface area contributed by atoms with Crippen molar-refractivity contribution in [3.8, 4) is 0 Å². The second-order valence-electron chi connectivity index (χ2n) is 9.45. The van der Waals surface area contributed by atoms with E-state index in [4.69, 9.17) is 0 Å². The van der Waals surface area contributed by atoms with Crippen LogP contribution in [-0.4, -0.2) is 23.6 Å². The maximum absolute atomic E-state index is 11.1. The Morgan fingerprint density at radius 3 is 2.00 bits per heavy atom. The van der Waals surface area contributed by atoms with Crippen LogP contribution < -0.4 is 10.6 Å². The molecule has 0 spiro atoms. The number of allylic oxidation sites excluding steroid dienone is 6. The van der Waals surface area contributed by atoms with E-state index >= 15 is 0 Å². The lowest BCUT2D eigenvalue weighted by molar-refractivity contribution is 0.451. The van der Waals surface area contributed by atoms with Gasteiger partial charge in [0.05, 0.1) is 12.1 Å². The van der Waals surface area contributed by atoms with E-state index in [1.807, 2.05) is 6.92 Å². The van der Waals surface area contributed by atoms with E-state index in [2.05, 4.69) is 95.3 Å². The minimum atomic E-state index is -0.242. The van der Waals surface area contributed by atoms with Gasteiger partial charge in [0.25, 0.3) is 0 Å². The summed E-state index contributed by atoms with van der Waals surface area (Å²) in [6.45, 7) is 26.8. The molecule has 2 unspecified atom stereocenters. The van der Waals surface area contributed by atoms with Crippen LogP contribution in [-0.2, 0) is 0 Å². The van der Waals surface area contributed by atoms with E-state index in [-0.39, 0.29) is 12.1 Å². The maximum atomic E-state index is 11.1. The second-order valence-corrected chi connectivity index (χ2v) is 10.5. The van der Waals surface area contributed by atoms with Crippen LogP contribution in [0.2, 0.25) is 0 Å². The van der Waals surface area contributed by atoms with Gasteiger partial charge in [0.1, 0.15) is 5.70 Å². The van der Waals surface area contributed by atoms with Gasteiger partial charge in [0.2, 0.25) is 0 Å². The number of nitrogens with zero attached hydrogens (tertiary/aromatic N) is 1. The van der Waals surface area contributed by atoms with Crippen LogP contribution in [0, 0.1) is 10.8 Å². The topological polar surface area (TPSA) is 53.5 Å². The van der Waals surface area contributed by atoms with Crippen LogP contribution in [0.4, 0.5) is 0 Å². The van der Waals surface area contributed by atoms with Crippen LogP contribution in [0.15, 0.2) is 77.0 Å². The average Bonchev–Trinajstić information content (AvgIpc) is 2.72. The first kappa shape index (κ1) is 31.0. The molecular weight excluding hydrogens is 426 g/mol. The van der Waals surface area contributed by atoms with Crippen molar-refractivity contribution in [2.75, 3.05) is 11.5 Å². The Labute approximate surface area is 207 Å². The molecule has 0 aliphatic carbocycles. The minimum absolute atomic E-state index is 0.0233. The number of rotatable bonds is 18. The average molecular weight is 474 g/mol. The number of hydrogen-bond donors (Lipinski definition) is 2. The van der Waals surface area contributed by atoms with Gasteiger partial charge in [-0.05, 0) is 71.4 Å². The highest BCUT2D eigenvalue weighted by atomic mass is 32.2. The quantitative estimate of drug-likeness (QED) is 0.120. The Balaban J connectivity index is 4.64. The van der Waals surface area contributed by atoms with Gasteiger partial charge in [-0.15, -0.1) is 4.91 Å². The number of nitroso groups, excluding NO2 is 1. The van der Waals surface area contributed by atoms with Gasteiger partial charge in [-0.25, -0.2) is 0 Å². The highest BCUT2D eigenvalue weighted by molar-refractivity contribution is 7.99. The van der Waals surface area contributed by atoms with Crippen molar-refractivity contribution in [1.29, 1.82) is 0 Å². The maximum Gasteiger partial charge on any atom is 0.101 e. The van der Waals surface area contributed by atoms with Crippen molar-refractivity contribution in [3.05, 3.63) is 76.7 Å². The lowest BCUT2D eigenvalue weighted by Crippen LogP contribution is -2.43. The third-order valence-corrected chi connectivity index (χ3v) is 6.25. The molecular formula is C28H47N3OS. The first-order valence-electron chi connectivity index (χ1n) is 11.9. The summed E-state index contributed by atoms with van der Waals surface area (Å²) in [5, 5.41) is 9.80. The molecule has 0 saturated carbocycles. The Kier molecular flexibility index (Phi) is 16.4. The molecule has 0 amide bonds. The number of thioether (sulfide) groups is 1. The smallest absolute Gasteiger partial charge is 0.101 e. The normalized spacial score (nSPS) is 13.8. The molecule has 2 N–H and O–H groups in total. The molecule has 0 fully saturated rings. The van der Waals surface area contributed by atoms with E-state index in [1.165, 1.54) is 16.7 Å². The standard InChI is InChI=1S/C28H47N3OS/c1-20(2)13-11-14-23(7)15-12-16-24(8)17-18-33-19-27(25(9)31-32)30-26(10)28(21(3)4)29-22(5)6/h13,15,17,21,27-30H,5,9-12,14,16,18-19H2,1-4,6-8H3/b23-15+,24-17+. The largest absolute Gasteiger partial charge is 0.381 e. The SMILES string of the molecule is C=C(C)NC(C(=C)NC(CSC/C=C(\C)CC/C=C(\C)CCC=C(C)C)C(=C)N=O)C(C)C. The zero-order valence-electron chi connectivity index (χ0n) is 22.1. The minimum Gasteiger partial charge on any atom is -0.381 e. The van der Waals surface area contributed by atoms with Crippen LogP contribution in [0.25, 0.3) is 0 Å². The molecule has 0 aromatic rings. The highest BCUT2D eigenvalue weighted by Gasteiger charge is 2.21. The monoisotopic (exact) mass is 473 g/mol. The van der Waals surface area contributed by atoms with Gasteiger partial charge in [-0.1, -0.05) is 68.5 Å². The third kappa shape index (κ3) is 15.5. The summed E-state index contributed by atoms with van der Waals surface area (Å²) in [4.78, 5) is 11.1. The zero-order valence-corrected chi connectivity index (χ0v) is 22.9.